The Hall–Kier alpha value is -2.86. The van der Waals surface area contributed by atoms with Gasteiger partial charge >= 0.3 is 5.97 Å². The van der Waals surface area contributed by atoms with Crippen LogP contribution in [-0.2, 0) is 16.1 Å². The minimum Gasteiger partial charge on any atom is -0.497 e. The number of carbonyl (C=O) groups is 1. The average molecular weight is 382 g/mol. The lowest BCUT2D eigenvalue weighted by Crippen LogP contribution is -2.46. The van der Waals surface area contributed by atoms with E-state index in [9.17, 15) is 4.79 Å². The van der Waals surface area contributed by atoms with Crippen molar-refractivity contribution in [3.63, 3.8) is 0 Å². The molecule has 0 fully saturated rings. The Morgan fingerprint density at radius 2 is 1.81 bits per heavy atom. The summed E-state index contributed by atoms with van der Waals surface area (Å²) in [6.07, 6.45) is 0. The molecule has 3 rings (SSSR count). The van der Waals surface area contributed by atoms with Gasteiger partial charge in [-0.2, -0.15) is 0 Å². The van der Waals surface area contributed by atoms with Crippen LogP contribution in [0.4, 0.5) is 0 Å². The van der Waals surface area contributed by atoms with Crippen molar-refractivity contribution in [1.82, 2.24) is 10.2 Å². The number of nitrogens with one attached hydrogen (secondary N) is 1. The second-order valence-electron chi connectivity index (χ2n) is 6.28. The van der Waals surface area contributed by atoms with Crippen LogP contribution in [0.5, 0.6) is 5.75 Å². The number of ether oxygens (including phenoxy) is 2. The smallest absolute Gasteiger partial charge is 0.338 e. The van der Waals surface area contributed by atoms with E-state index in [-0.39, 0.29) is 18.6 Å². The molecule has 1 heterocycles. The molecule has 0 aromatic heterocycles. The number of esters is 1. The van der Waals surface area contributed by atoms with Crippen molar-refractivity contribution in [1.29, 1.82) is 0 Å². The van der Waals surface area contributed by atoms with Gasteiger partial charge < -0.3 is 19.7 Å². The van der Waals surface area contributed by atoms with Crippen LogP contribution in [0, 0.1) is 0 Å². The Morgan fingerprint density at radius 1 is 1.15 bits per heavy atom. The van der Waals surface area contributed by atoms with E-state index in [2.05, 4.69) is 5.32 Å². The van der Waals surface area contributed by atoms with Crippen LogP contribution < -0.4 is 10.1 Å². The topological polar surface area (TPSA) is 50.8 Å². The number of carbonyl (C=O) groups excluding carboxylic acids is 1. The molecule has 0 saturated carbocycles. The number of hydrogen-bond donors (Lipinski definition) is 1. The van der Waals surface area contributed by atoms with Gasteiger partial charge in [-0.1, -0.05) is 42.5 Å². The van der Waals surface area contributed by atoms with Crippen LogP contribution in [0.1, 0.15) is 24.1 Å². The molecule has 0 amide bonds. The van der Waals surface area contributed by atoms with Crippen LogP contribution >= 0.6 is 12.2 Å². The van der Waals surface area contributed by atoms with E-state index in [1.807, 2.05) is 68.6 Å². The Labute approximate surface area is 164 Å². The monoisotopic (exact) mass is 382 g/mol. The Morgan fingerprint density at radius 3 is 2.44 bits per heavy atom. The summed E-state index contributed by atoms with van der Waals surface area (Å²) in [5.74, 6) is 0.391. The fourth-order valence-electron chi connectivity index (χ4n) is 2.95. The van der Waals surface area contributed by atoms with E-state index in [4.69, 9.17) is 21.7 Å². The van der Waals surface area contributed by atoms with Gasteiger partial charge in [-0.25, -0.2) is 4.79 Å². The van der Waals surface area contributed by atoms with E-state index in [0.717, 1.165) is 22.6 Å². The Bertz CT molecular complexity index is 863. The minimum absolute atomic E-state index is 0.222. The van der Waals surface area contributed by atoms with Gasteiger partial charge in [0, 0.05) is 12.7 Å². The van der Waals surface area contributed by atoms with E-state index in [1.165, 1.54) is 0 Å². The summed E-state index contributed by atoms with van der Waals surface area (Å²) < 4.78 is 10.8. The molecule has 0 spiro atoms. The summed E-state index contributed by atoms with van der Waals surface area (Å²) >= 11 is 5.42. The van der Waals surface area contributed by atoms with E-state index >= 15 is 0 Å². The number of allylic oxidation sites excluding steroid dienone is 1. The summed E-state index contributed by atoms with van der Waals surface area (Å²) in [5, 5.41) is 3.80. The second-order valence-corrected chi connectivity index (χ2v) is 6.66. The van der Waals surface area contributed by atoms with Gasteiger partial charge in [-0.05, 0) is 42.4 Å². The molecule has 27 heavy (non-hydrogen) atoms. The first kappa shape index (κ1) is 18.9. The van der Waals surface area contributed by atoms with Gasteiger partial charge in [0.2, 0.25) is 0 Å². The second kappa shape index (κ2) is 8.22. The molecule has 0 saturated heterocycles. The maximum Gasteiger partial charge on any atom is 0.338 e. The van der Waals surface area contributed by atoms with Crippen LogP contribution in [0.15, 0.2) is 65.9 Å². The Balaban J connectivity index is 1.88. The highest BCUT2D eigenvalue weighted by Gasteiger charge is 2.33. The quantitative estimate of drug-likeness (QED) is 0.630. The largest absolute Gasteiger partial charge is 0.497 e. The van der Waals surface area contributed by atoms with Crippen molar-refractivity contribution in [3.8, 4) is 5.75 Å². The molecule has 1 unspecified atom stereocenters. The molecule has 2 aromatic carbocycles. The lowest BCUT2D eigenvalue weighted by molar-refractivity contribution is -0.140. The number of hydrogen-bond acceptors (Lipinski definition) is 4. The minimum atomic E-state index is -0.372. The van der Waals surface area contributed by atoms with Gasteiger partial charge in [-0.3, -0.25) is 0 Å². The molecule has 1 aliphatic rings. The summed E-state index contributed by atoms with van der Waals surface area (Å²) in [6.45, 7) is 2.10. The zero-order valence-electron chi connectivity index (χ0n) is 15.6. The van der Waals surface area contributed by atoms with Crippen molar-refractivity contribution in [2.24, 2.45) is 0 Å². The third-order valence-corrected chi connectivity index (χ3v) is 5.03. The van der Waals surface area contributed by atoms with Crippen molar-refractivity contribution in [2.75, 3.05) is 14.2 Å². The van der Waals surface area contributed by atoms with Crippen LogP contribution in [0.25, 0.3) is 0 Å². The van der Waals surface area contributed by atoms with Gasteiger partial charge in [0.25, 0.3) is 0 Å². The van der Waals surface area contributed by atoms with Crippen molar-refractivity contribution < 1.29 is 14.3 Å². The van der Waals surface area contributed by atoms with E-state index in [1.54, 1.807) is 12.0 Å². The summed E-state index contributed by atoms with van der Waals surface area (Å²) in [4.78, 5) is 14.7. The van der Waals surface area contributed by atoms with Crippen LogP contribution in [-0.4, -0.2) is 30.1 Å². The van der Waals surface area contributed by atoms with Gasteiger partial charge in [-0.15, -0.1) is 0 Å². The predicted molar refractivity (Wildman–Crippen MR) is 108 cm³/mol. The maximum absolute atomic E-state index is 12.9. The molecule has 140 valence electrons. The maximum atomic E-state index is 12.9. The standard InChI is InChI=1S/C21H22N2O3S/c1-14-18(20(24)26-13-15-7-5-4-6-8-15)19(22-21(27)23(14)2)16-9-11-17(25-3)12-10-16/h4-12,19H,13H2,1-3H3,(H,22,27). The molecule has 1 aliphatic heterocycles. The first-order valence-electron chi connectivity index (χ1n) is 8.61. The van der Waals surface area contributed by atoms with Gasteiger partial charge in [0.05, 0.1) is 18.7 Å². The third kappa shape index (κ3) is 4.11. The molecule has 1 N–H and O–H groups in total. The first-order valence-corrected chi connectivity index (χ1v) is 9.02. The number of methoxy groups -OCH3 is 1. The fourth-order valence-corrected chi connectivity index (χ4v) is 3.20. The zero-order chi connectivity index (χ0) is 19.4. The van der Waals surface area contributed by atoms with Crippen LogP contribution in [0.3, 0.4) is 0 Å². The lowest BCUT2D eigenvalue weighted by Gasteiger charge is -2.35. The molecular formula is C21H22N2O3S. The number of benzene rings is 2. The van der Waals surface area contributed by atoms with Crippen LogP contribution in [0.2, 0.25) is 0 Å². The number of thiocarbonyl (C=S) groups is 1. The first-order chi connectivity index (χ1) is 13.0. The highest BCUT2D eigenvalue weighted by atomic mass is 32.1. The van der Waals surface area contributed by atoms with E-state index < -0.39 is 0 Å². The molecular weight excluding hydrogens is 360 g/mol. The van der Waals surface area contributed by atoms with Crippen molar-refractivity contribution in [2.45, 2.75) is 19.6 Å². The number of rotatable bonds is 5. The normalized spacial score (nSPS) is 16.8. The summed E-state index contributed by atoms with van der Waals surface area (Å²) in [5.41, 5.74) is 3.18. The highest BCUT2D eigenvalue weighted by molar-refractivity contribution is 7.80. The molecule has 0 radical (unpaired) electrons. The third-order valence-electron chi connectivity index (χ3n) is 4.64. The molecule has 0 aliphatic carbocycles. The summed E-state index contributed by atoms with van der Waals surface area (Å²) in [7, 11) is 3.45. The molecule has 1 atom stereocenters. The average Bonchev–Trinajstić information content (AvgIpc) is 2.71. The number of nitrogens with zero attached hydrogens (tertiary/aromatic N) is 1. The molecule has 0 bridgehead atoms. The zero-order valence-corrected chi connectivity index (χ0v) is 16.4. The molecule has 6 heteroatoms. The highest BCUT2D eigenvalue weighted by Crippen LogP contribution is 2.31. The fraction of sp³-hybridized carbons (Fsp3) is 0.238. The predicted octanol–water partition coefficient (Wildman–Crippen LogP) is 3.57. The molecule has 2 aromatic rings. The Kier molecular flexibility index (Phi) is 5.76. The molecule has 5 nitrogen and oxygen atoms in total. The van der Waals surface area contributed by atoms with Gasteiger partial charge in [0.1, 0.15) is 12.4 Å². The summed E-state index contributed by atoms with van der Waals surface area (Å²) in [6, 6.07) is 16.8. The van der Waals surface area contributed by atoms with Crippen molar-refractivity contribution in [3.05, 3.63) is 77.0 Å². The van der Waals surface area contributed by atoms with E-state index in [0.29, 0.717) is 10.7 Å². The van der Waals surface area contributed by atoms with Crippen molar-refractivity contribution >= 4 is 23.3 Å². The van der Waals surface area contributed by atoms with Gasteiger partial charge in [0.15, 0.2) is 5.11 Å². The SMILES string of the molecule is COc1ccc(C2NC(=S)N(C)C(C)=C2C(=O)OCc2ccccc2)cc1. The lowest BCUT2D eigenvalue weighted by atomic mass is 9.95.